The average Bonchev–Trinajstić information content (AvgIpc) is 2.80. The van der Waals surface area contributed by atoms with Gasteiger partial charge in [0.15, 0.2) is 0 Å². The summed E-state index contributed by atoms with van der Waals surface area (Å²) in [4.78, 5) is 27.7. The lowest BCUT2D eigenvalue weighted by molar-refractivity contribution is -0.139. The van der Waals surface area contributed by atoms with Crippen molar-refractivity contribution in [1.82, 2.24) is 10.2 Å². The first-order chi connectivity index (χ1) is 16.3. The van der Waals surface area contributed by atoms with Gasteiger partial charge in [-0.2, -0.15) is 0 Å². The zero-order chi connectivity index (χ0) is 26.3. The number of hydrogen-bond acceptors (Lipinski definition) is 4. The lowest BCUT2D eigenvalue weighted by atomic mass is 10.0. The van der Waals surface area contributed by atoms with Gasteiger partial charge in [0, 0.05) is 12.6 Å². The van der Waals surface area contributed by atoms with E-state index < -0.39 is 34.3 Å². The summed E-state index contributed by atoms with van der Waals surface area (Å²) in [5.74, 6) is -1.03. The monoisotopic (exact) mass is 505 g/mol. The summed E-state index contributed by atoms with van der Waals surface area (Å²) in [5.41, 5.74) is 2.03. The smallest absolute Gasteiger partial charge is 0.244 e. The Labute approximate surface area is 208 Å². The molecule has 35 heavy (non-hydrogen) atoms. The number of nitrogens with one attached hydrogen (secondary N) is 1. The fraction of sp³-hybridized carbons (Fsp3) is 0.462. The van der Waals surface area contributed by atoms with Gasteiger partial charge in [-0.1, -0.05) is 45.0 Å². The summed E-state index contributed by atoms with van der Waals surface area (Å²) in [6.07, 6.45) is 1.76. The largest absolute Gasteiger partial charge is 0.352 e. The minimum Gasteiger partial charge on any atom is -0.352 e. The molecule has 9 heteroatoms. The summed E-state index contributed by atoms with van der Waals surface area (Å²) in [5, 5.41) is 2.87. The molecule has 2 aromatic carbocycles. The molecule has 2 atom stereocenters. The fourth-order valence-corrected chi connectivity index (χ4v) is 4.32. The lowest BCUT2D eigenvalue weighted by Crippen LogP contribution is -2.52. The highest BCUT2D eigenvalue weighted by atomic mass is 32.2. The number of carbonyl (C=O) groups excluding carboxylic acids is 2. The summed E-state index contributed by atoms with van der Waals surface area (Å²) in [7, 11) is -3.79. The average molecular weight is 506 g/mol. The quantitative estimate of drug-likeness (QED) is 0.499. The van der Waals surface area contributed by atoms with Crippen molar-refractivity contribution in [3.05, 3.63) is 65.5 Å². The molecule has 0 saturated heterocycles. The Kier molecular flexibility index (Phi) is 9.82. The van der Waals surface area contributed by atoms with Crippen LogP contribution >= 0.6 is 0 Å². The first-order valence-electron chi connectivity index (χ1n) is 11.7. The van der Waals surface area contributed by atoms with Crippen molar-refractivity contribution in [2.75, 3.05) is 17.1 Å². The number of benzene rings is 2. The Morgan fingerprint density at radius 3 is 2.03 bits per heavy atom. The maximum atomic E-state index is 13.5. The van der Waals surface area contributed by atoms with Crippen molar-refractivity contribution >= 4 is 27.5 Å². The molecule has 0 bridgehead atoms. The Balaban J connectivity index is 2.37. The first-order valence-corrected chi connectivity index (χ1v) is 13.6. The number of sulfonamides is 1. The van der Waals surface area contributed by atoms with Crippen LogP contribution < -0.4 is 9.62 Å². The van der Waals surface area contributed by atoms with Crippen LogP contribution in [0.5, 0.6) is 0 Å². The van der Waals surface area contributed by atoms with E-state index in [1.807, 2.05) is 39.8 Å². The van der Waals surface area contributed by atoms with E-state index in [4.69, 9.17) is 0 Å². The Hall–Kier alpha value is -2.94. The summed E-state index contributed by atoms with van der Waals surface area (Å²) in [6, 6.07) is 11.7. The van der Waals surface area contributed by atoms with E-state index in [2.05, 4.69) is 5.32 Å². The van der Waals surface area contributed by atoms with Crippen LogP contribution in [0.2, 0.25) is 0 Å². The summed E-state index contributed by atoms with van der Waals surface area (Å²) < 4.78 is 39.7. The van der Waals surface area contributed by atoms with Crippen LogP contribution in [-0.2, 0) is 26.2 Å². The van der Waals surface area contributed by atoms with Crippen molar-refractivity contribution in [3.63, 3.8) is 0 Å². The molecule has 0 heterocycles. The molecule has 2 aromatic rings. The van der Waals surface area contributed by atoms with Crippen LogP contribution in [0.25, 0.3) is 0 Å². The second kappa shape index (κ2) is 12.2. The predicted molar refractivity (Wildman–Crippen MR) is 137 cm³/mol. The first kappa shape index (κ1) is 28.3. The van der Waals surface area contributed by atoms with Crippen LogP contribution in [0.1, 0.15) is 58.1 Å². The number of halogens is 1. The molecule has 0 fully saturated rings. The second-order valence-corrected chi connectivity index (χ2v) is 11.1. The number of rotatable bonds is 11. The molecule has 0 aliphatic rings. The summed E-state index contributed by atoms with van der Waals surface area (Å²) >= 11 is 0. The molecule has 2 amide bonds. The standard InChI is InChI=1S/C26H36FN3O4S/c1-7-19(4)28-26(32)20(5)29(16-21-8-12-23(27)13-9-21)25(31)17-30(35(6,33)34)24-14-10-22(11-15-24)18(2)3/h8-15,18-20H,7,16-17H2,1-6H3,(H,28,32)/t19-,20-/m1/s1. The summed E-state index contributed by atoms with van der Waals surface area (Å²) in [6.45, 7) is 9.02. The highest BCUT2D eigenvalue weighted by Crippen LogP contribution is 2.23. The topological polar surface area (TPSA) is 86.8 Å². The number of hydrogen-bond donors (Lipinski definition) is 1. The van der Waals surface area contributed by atoms with Gasteiger partial charge in [-0.25, -0.2) is 12.8 Å². The maximum Gasteiger partial charge on any atom is 0.244 e. The van der Waals surface area contributed by atoms with Crippen molar-refractivity contribution in [2.45, 2.75) is 65.6 Å². The predicted octanol–water partition coefficient (Wildman–Crippen LogP) is 4.05. The third-order valence-electron chi connectivity index (χ3n) is 5.96. The highest BCUT2D eigenvalue weighted by Gasteiger charge is 2.30. The zero-order valence-electron chi connectivity index (χ0n) is 21.3. The van der Waals surface area contributed by atoms with Crippen LogP contribution in [0.15, 0.2) is 48.5 Å². The third-order valence-corrected chi connectivity index (χ3v) is 7.10. The van der Waals surface area contributed by atoms with E-state index in [0.29, 0.717) is 11.3 Å². The van der Waals surface area contributed by atoms with Crippen molar-refractivity contribution < 1.29 is 22.4 Å². The van der Waals surface area contributed by atoms with E-state index >= 15 is 0 Å². The normalized spacial score (nSPS) is 13.3. The molecule has 0 aromatic heterocycles. The van der Waals surface area contributed by atoms with Crippen LogP contribution in [-0.4, -0.2) is 50.0 Å². The highest BCUT2D eigenvalue weighted by molar-refractivity contribution is 7.92. The molecule has 192 valence electrons. The van der Waals surface area contributed by atoms with E-state index in [0.717, 1.165) is 22.5 Å². The van der Waals surface area contributed by atoms with Gasteiger partial charge in [-0.15, -0.1) is 0 Å². The van der Waals surface area contributed by atoms with E-state index in [-0.39, 0.29) is 24.4 Å². The molecular formula is C26H36FN3O4S. The van der Waals surface area contributed by atoms with Gasteiger partial charge in [-0.05, 0) is 61.6 Å². The minimum absolute atomic E-state index is 0.0259. The molecule has 7 nitrogen and oxygen atoms in total. The molecule has 0 radical (unpaired) electrons. The molecule has 1 N–H and O–H groups in total. The van der Waals surface area contributed by atoms with E-state index in [1.165, 1.54) is 29.2 Å². The van der Waals surface area contributed by atoms with Gasteiger partial charge >= 0.3 is 0 Å². The van der Waals surface area contributed by atoms with Crippen LogP contribution in [0, 0.1) is 5.82 Å². The van der Waals surface area contributed by atoms with Crippen molar-refractivity contribution in [1.29, 1.82) is 0 Å². The molecular weight excluding hydrogens is 469 g/mol. The van der Waals surface area contributed by atoms with E-state index in [9.17, 15) is 22.4 Å². The van der Waals surface area contributed by atoms with Gasteiger partial charge in [0.2, 0.25) is 21.8 Å². The Morgan fingerprint density at radius 1 is 0.971 bits per heavy atom. The molecule has 2 rings (SSSR count). The Bertz CT molecular complexity index is 1100. The van der Waals surface area contributed by atoms with Gasteiger partial charge in [0.05, 0.1) is 11.9 Å². The van der Waals surface area contributed by atoms with Gasteiger partial charge in [-0.3, -0.25) is 13.9 Å². The van der Waals surface area contributed by atoms with Gasteiger partial charge < -0.3 is 10.2 Å². The number of carbonyl (C=O) groups is 2. The number of amides is 2. The molecule has 0 aliphatic heterocycles. The lowest BCUT2D eigenvalue weighted by Gasteiger charge is -2.32. The SMILES string of the molecule is CC[C@@H](C)NC(=O)[C@@H](C)N(Cc1ccc(F)cc1)C(=O)CN(c1ccc(C(C)C)cc1)S(C)(=O)=O. The van der Waals surface area contributed by atoms with Gasteiger partial charge in [0.1, 0.15) is 18.4 Å². The Morgan fingerprint density at radius 2 is 1.54 bits per heavy atom. The second-order valence-electron chi connectivity index (χ2n) is 9.16. The van der Waals surface area contributed by atoms with E-state index in [1.54, 1.807) is 19.1 Å². The number of anilines is 1. The van der Waals surface area contributed by atoms with Crippen molar-refractivity contribution in [3.8, 4) is 0 Å². The number of nitrogens with zero attached hydrogens (tertiary/aromatic N) is 2. The molecule has 0 unspecified atom stereocenters. The van der Waals surface area contributed by atoms with Crippen LogP contribution in [0.3, 0.4) is 0 Å². The van der Waals surface area contributed by atoms with Gasteiger partial charge in [0.25, 0.3) is 0 Å². The third kappa shape index (κ3) is 8.06. The molecule has 0 spiro atoms. The fourth-order valence-electron chi connectivity index (χ4n) is 3.47. The molecule has 0 saturated carbocycles. The molecule has 0 aliphatic carbocycles. The zero-order valence-corrected chi connectivity index (χ0v) is 22.1. The maximum absolute atomic E-state index is 13.5. The minimum atomic E-state index is -3.79. The van der Waals surface area contributed by atoms with Crippen LogP contribution in [0.4, 0.5) is 10.1 Å². The van der Waals surface area contributed by atoms with Crippen molar-refractivity contribution in [2.24, 2.45) is 0 Å².